The third-order valence-electron chi connectivity index (χ3n) is 5.24. The van der Waals surface area contributed by atoms with E-state index in [1.54, 1.807) is 28.4 Å². The number of para-hydroxylation sites is 1. The number of rotatable bonds is 4. The molecule has 27 heavy (non-hydrogen) atoms. The number of carbonyl (C=O) groups excluding carboxylic acids is 1. The Hall–Kier alpha value is -2.18. The van der Waals surface area contributed by atoms with Crippen LogP contribution in [0.5, 0.6) is 0 Å². The smallest absolute Gasteiger partial charge is 0.258 e. The lowest BCUT2D eigenvalue weighted by Gasteiger charge is -2.32. The molecule has 1 heterocycles. The molecule has 0 spiro atoms. The Bertz CT molecular complexity index is 926. The van der Waals surface area contributed by atoms with Crippen molar-refractivity contribution in [3.05, 3.63) is 59.7 Å². The van der Waals surface area contributed by atoms with E-state index in [9.17, 15) is 13.2 Å². The molecule has 1 atom stereocenters. The summed E-state index contributed by atoms with van der Waals surface area (Å²) in [4.78, 5) is 14.7. The van der Waals surface area contributed by atoms with E-state index in [1.807, 2.05) is 44.2 Å². The maximum absolute atomic E-state index is 13.1. The average molecular weight is 387 g/mol. The summed E-state index contributed by atoms with van der Waals surface area (Å²) in [6.45, 7) is 4.30. The molecule has 6 heteroatoms. The van der Waals surface area contributed by atoms with Gasteiger partial charge in [0.1, 0.15) is 0 Å². The van der Waals surface area contributed by atoms with Crippen molar-refractivity contribution in [1.29, 1.82) is 0 Å². The molecule has 5 nitrogen and oxygen atoms in total. The Labute approximate surface area is 161 Å². The van der Waals surface area contributed by atoms with Crippen LogP contribution in [0.15, 0.2) is 53.4 Å². The molecule has 1 aliphatic heterocycles. The number of amides is 1. The molecule has 2 aromatic rings. The molecule has 0 aromatic heterocycles. The highest BCUT2D eigenvalue weighted by Gasteiger charge is 2.31. The zero-order chi connectivity index (χ0) is 19.6. The van der Waals surface area contributed by atoms with Crippen LogP contribution in [0.2, 0.25) is 0 Å². The van der Waals surface area contributed by atoms with E-state index in [0.717, 1.165) is 30.5 Å². The second-order valence-electron chi connectivity index (χ2n) is 7.14. The molecule has 3 rings (SSSR count). The number of sulfonamides is 1. The highest BCUT2D eigenvalue weighted by molar-refractivity contribution is 7.89. The summed E-state index contributed by atoms with van der Waals surface area (Å²) in [7, 11) is -1.91. The number of anilines is 1. The number of aryl methyl sites for hydroxylation is 1. The molecule has 1 amide bonds. The first-order valence-electron chi connectivity index (χ1n) is 9.28. The van der Waals surface area contributed by atoms with Gasteiger partial charge in [0.05, 0.1) is 4.90 Å². The number of piperidine rings is 1. The molecule has 1 saturated heterocycles. The monoisotopic (exact) mass is 386 g/mol. The van der Waals surface area contributed by atoms with Crippen LogP contribution in [0.4, 0.5) is 5.69 Å². The normalized spacial score (nSPS) is 18.3. The first-order valence-corrected chi connectivity index (χ1v) is 10.7. The van der Waals surface area contributed by atoms with Crippen LogP contribution in [0.3, 0.4) is 0 Å². The van der Waals surface area contributed by atoms with Crippen molar-refractivity contribution in [2.75, 3.05) is 18.5 Å². The van der Waals surface area contributed by atoms with E-state index < -0.39 is 10.0 Å². The standard InChI is InChI=1S/C21H26N2O3S/c1-16-12-13-19(27(25,26)23-14-8-7-9-17(23)2)15-20(16)21(24)22(3)18-10-5-4-6-11-18/h4-6,10-13,15,17H,7-9,14H2,1-3H3. The molecular formula is C21H26N2O3S. The lowest BCUT2D eigenvalue weighted by molar-refractivity contribution is 0.0992. The van der Waals surface area contributed by atoms with Gasteiger partial charge in [0.2, 0.25) is 10.0 Å². The summed E-state index contributed by atoms with van der Waals surface area (Å²) < 4.78 is 27.8. The fourth-order valence-electron chi connectivity index (χ4n) is 3.51. The van der Waals surface area contributed by atoms with Gasteiger partial charge >= 0.3 is 0 Å². The largest absolute Gasteiger partial charge is 0.311 e. The molecule has 2 aromatic carbocycles. The maximum atomic E-state index is 13.1. The van der Waals surface area contributed by atoms with E-state index in [-0.39, 0.29) is 16.8 Å². The molecule has 0 aliphatic carbocycles. The molecule has 0 saturated carbocycles. The highest BCUT2D eigenvalue weighted by Crippen LogP contribution is 2.27. The molecule has 1 unspecified atom stereocenters. The fraction of sp³-hybridized carbons (Fsp3) is 0.381. The van der Waals surface area contributed by atoms with Gasteiger partial charge < -0.3 is 4.90 Å². The highest BCUT2D eigenvalue weighted by atomic mass is 32.2. The Morgan fingerprint density at radius 3 is 2.48 bits per heavy atom. The van der Waals surface area contributed by atoms with Crippen LogP contribution in [-0.2, 0) is 10.0 Å². The van der Waals surface area contributed by atoms with E-state index in [2.05, 4.69) is 0 Å². The summed E-state index contributed by atoms with van der Waals surface area (Å²) in [5.74, 6) is -0.220. The number of hydrogen-bond donors (Lipinski definition) is 0. The second-order valence-corrected chi connectivity index (χ2v) is 9.03. The summed E-state index contributed by atoms with van der Waals surface area (Å²) >= 11 is 0. The Morgan fingerprint density at radius 2 is 1.81 bits per heavy atom. The van der Waals surface area contributed by atoms with Gasteiger partial charge in [0.15, 0.2) is 0 Å². The average Bonchev–Trinajstić information content (AvgIpc) is 2.68. The Balaban J connectivity index is 1.96. The van der Waals surface area contributed by atoms with Gasteiger partial charge in [-0.05, 0) is 56.5 Å². The first kappa shape index (κ1) is 19.6. The molecular weight excluding hydrogens is 360 g/mol. The Kier molecular flexibility index (Phi) is 5.67. The predicted molar refractivity (Wildman–Crippen MR) is 108 cm³/mol. The van der Waals surface area contributed by atoms with E-state index in [4.69, 9.17) is 0 Å². The minimum atomic E-state index is -3.61. The van der Waals surface area contributed by atoms with Crippen molar-refractivity contribution in [3.63, 3.8) is 0 Å². The molecule has 144 valence electrons. The zero-order valence-corrected chi connectivity index (χ0v) is 16.9. The zero-order valence-electron chi connectivity index (χ0n) is 16.1. The number of carbonyl (C=O) groups is 1. The lowest BCUT2D eigenvalue weighted by atomic mass is 10.1. The minimum Gasteiger partial charge on any atom is -0.311 e. The molecule has 0 bridgehead atoms. The third kappa shape index (κ3) is 3.92. The predicted octanol–water partition coefficient (Wildman–Crippen LogP) is 3.83. The van der Waals surface area contributed by atoms with Gasteiger partial charge in [-0.3, -0.25) is 4.79 Å². The number of nitrogens with zero attached hydrogens (tertiary/aromatic N) is 2. The third-order valence-corrected chi connectivity index (χ3v) is 7.25. The van der Waals surface area contributed by atoms with Crippen molar-refractivity contribution in [1.82, 2.24) is 4.31 Å². The second kappa shape index (κ2) is 7.82. The summed E-state index contributed by atoms with van der Waals surface area (Å²) in [5.41, 5.74) is 1.93. The van der Waals surface area contributed by atoms with Gasteiger partial charge in [-0.25, -0.2) is 8.42 Å². The van der Waals surface area contributed by atoms with Crippen molar-refractivity contribution in [2.45, 2.75) is 44.0 Å². The first-order chi connectivity index (χ1) is 12.8. The van der Waals surface area contributed by atoms with Crippen LogP contribution < -0.4 is 4.90 Å². The van der Waals surface area contributed by atoms with Gasteiger partial charge in [-0.2, -0.15) is 4.31 Å². The SMILES string of the molecule is Cc1ccc(S(=O)(=O)N2CCCCC2C)cc1C(=O)N(C)c1ccccc1. The van der Waals surface area contributed by atoms with Crippen molar-refractivity contribution < 1.29 is 13.2 Å². The summed E-state index contributed by atoms with van der Waals surface area (Å²) in [6, 6.07) is 14.1. The number of benzene rings is 2. The van der Waals surface area contributed by atoms with Crippen LogP contribution in [0.1, 0.15) is 42.1 Å². The molecule has 0 radical (unpaired) electrons. The fourth-order valence-corrected chi connectivity index (χ4v) is 5.23. The summed E-state index contributed by atoms with van der Waals surface area (Å²) in [6.07, 6.45) is 2.79. The van der Waals surface area contributed by atoms with E-state index in [0.29, 0.717) is 12.1 Å². The Morgan fingerprint density at radius 1 is 1.11 bits per heavy atom. The topological polar surface area (TPSA) is 57.7 Å². The molecule has 1 aliphatic rings. The lowest BCUT2D eigenvalue weighted by Crippen LogP contribution is -2.42. The number of hydrogen-bond acceptors (Lipinski definition) is 3. The molecule has 0 N–H and O–H groups in total. The minimum absolute atomic E-state index is 0.0174. The van der Waals surface area contributed by atoms with E-state index >= 15 is 0 Å². The van der Waals surface area contributed by atoms with Crippen molar-refractivity contribution >= 4 is 21.6 Å². The molecule has 1 fully saturated rings. The van der Waals surface area contributed by atoms with Crippen LogP contribution in [0, 0.1) is 6.92 Å². The van der Waals surface area contributed by atoms with Crippen molar-refractivity contribution in [2.24, 2.45) is 0 Å². The summed E-state index contributed by atoms with van der Waals surface area (Å²) in [5, 5.41) is 0. The van der Waals surface area contributed by atoms with Gasteiger partial charge in [-0.15, -0.1) is 0 Å². The van der Waals surface area contributed by atoms with Crippen LogP contribution in [-0.4, -0.2) is 38.3 Å². The van der Waals surface area contributed by atoms with Crippen LogP contribution >= 0.6 is 0 Å². The van der Waals surface area contributed by atoms with Crippen LogP contribution in [0.25, 0.3) is 0 Å². The van der Waals surface area contributed by atoms with Gasteiger partial charge in [-0.1, -0.05) is 30.7 Å². The van der Waals surface area contributed by atoms with Gasteiger partial charge in [0, 0.05) is 30.9 Å². The maximum Gasteiger partial charge on any atom is 0.258 e. The van der Waals surface area contributed by atoms with Crippen molar-refractivity contribution in [3.8, 4) is 0 Å². The van der Waals surface area contributed by atoms with Gasteiger partial charge in [0.25, 0.3) is 5.91 Å². The quantitative estimate of drug-likeness (QED) is 0.802. The van der Waals surface area contributed by atoms with E-state index in [1.165, 1.54) is 6.07 Å².